The maximum absolute atomic E-state index is 12.0. The third kappa shape index (κ3) is 3.56. The van der Waals surface area contributed by atoms with Crippen LogP contribution in [0.5, 0.6) is 0 Å². The number of nitrogens with one attached hydrogen (secondary N) is 1. The van der Waals surface area contributed by atoms with Gasteiger partial charge in [0.2, 0.25) is 5.91 Å². The molecule has 0 bridgehead atoms. The third-order valence-electron chi connectivity index (χ3n) is 3.64. The van der Waals surface area contributed by atoms with Crippen molar-refractivity contribution in [1.82, 2.24) is 15.1 Å². The second-order valence-corrected chi connectivity index (χ2v) is 6.05. The van der Waals surface area contributed by atoms with Gasteiger partial charge in [0.1, 0.15) is 11.0 Å². The van der Waals surface area contributed by atoms with Crippen LogP contribution >= 0.6 is 15.9 Å². The molecule has 0 aliphatic heterocycles. The standard InChI is InChI=1S/C12H17BrN4O3/c1-8-4-2-3-5-10(8)14-11(18)7-16-6-9(13)12(15-16)17(19)20/h6,8,10H,2-5,7H2,1H3,(H,14,18)/t8-,10-/m1/s1. The normalized spacial score (nSPS) is 22.5. The molecule has 110 valence electrons. The Morgan fingerprint density at radius 3 is 2.90 bits per heavy atom. The Morgan fingerprint density at radius 1 is 1.60 bits per heavy atom. The van der Waals surface area contributed by atoms with E-state index in [1.807, 2.05) is 0 Å². The molecule has 1 fully saturated rings. The van der Waals surface area contributed by atoms with Crippen molar-refractivity contribution in [3.05, 3.63) is 20.8 Å². The number of rotatable bonds is 4. The van der Waals surface area contributed by atoms with E-state index in [4.69, 9.17) is 0 Å². The van der Waals surface area contributed by atoms with Crippen molar-refractivity contribution in [3.63, 3.8) is 0 Å². The van der Waals surface area contributed by atoms with Crippen LogP contribution in [0.25, 0.3) is 0 Å². The summed E-state index contributed by atoms with van der Waals surface area (Å²) in [5, 5.41) is 17.4. The first-order valence-electron chi connectivity index (χ1n) is 6.64. The van der Waals surface area contributed by atoms with Gasteiger partial charge in [-0.3, -0.25) is 4.79 Å². The molecular formula is C12H17BrN4O3. The number of carbonyl (C=O) groups excluding carboxylic acids is 1. The lowest BCUT2D eigenvalue weighted by molar-refractivity contribution is -0.390. The molecule has 1 aromatic rings. The van der Waals surface area contributed by atoms with E-state index in [0.717, 1.165) is 19.3 Å². The predicted molar refractivity (Wildman–Crippen MR) is 76.1 cm³/mol. The highest BCUT2D eigenvalue weighted by Crippen LogP contribution is 2.24. The van der Waals surface area contributed by atoms with Crippen LogP contribution in [0, 0.1) is 16.0 Å². The van der Waals surface area contributed by atoms with Crippen LogP contribution in [0.4, 0.5) is 5.82 Å². The van der Waals surface area contributed by atoms with Crippen molar-refractivity contribution in [1.29, 1.82) is 0 Å². The number of halogens is 1. The van der Waals surface area contributed by atoms with E-state index in [-0.39, 0.29) is 28.8 Å². The van der Waals surface area contributed by atoms with Crippen LogP contribution in [-0.2, 0) is 11.3 Å². The summed E-state index contributed by atoms with van der Waals surface area (Å²) < 4.78 is 1.56. The minimum Gasteiger partial charge on any atom is -0.358 e. The molecule has 0 spiro atoms. The Bertz CT molecular complexity index is 517. The number of nitro groups is 1. The summed E-state index contributed by atoms with van der Waals surface area (Å²) in [6.45, 7) is 2.13. The molecule has 1 N–H and O–H groups in total. The molecule has 0 radical (unpaired) electrons. The van der Waals surface area contributed by atoms with E-state index in [9.17, 15) is 14.9 Å². The zero-order valence-corrected chi connectivity index (χ0v) is 12.8. The molecule has 1 heterocycles. The SMILES string of the molecule is C[C@@H]1CCCC[C@H]1NC(=O)Cn1cc(Br)c([N+](=O)[O-])n1. The van der Waals surface area contributed by atoms with Crippen LogP contribution in [0.1, 0.15) is 32.6 Å². The van der Waals surface area contributed by atoms with Gasteiger partial charge in [0.15, 0.2) is 0 Å². The topological polar surface area (TPSA) is 90.1 Å². The number of hydrogen-bond donors (Lipinski definition) is 1. The summed E-state index contributed by atoms with van der Waals surface area (Å²) >= 11 is 3.06. The molecule has 1 aliphatic carbocycles. The van der Waals surface area contributed by atoms with Gasteiger partial charge in [-0.05, 0) is 39.6 Å². The van der Waals surface area contributed by atoms with Crippen molar-refractivity contribution in [2.45, 2.75) is 45.2 Å². The van der Waals surface area contributed by atoms with Crippen molar-refractivity contribution < 1.29 is 9.72 Å². The zero-order chi connectivity index (χ0) is 14.7. The average molecular weight is 345 g/mol. The van der Waals surface area contributed by atoms with Gasteiger partial charge in [0, 0.05) is 6.04 Å². The van der Waals surface area contributed by atoms with Gasteiger partial charge < -0.3 is 15.4 Å². The summed E-state index contributed by atoms with van der Waals surface area (Å²) in [5.74, 6) is 0.0453. The average Bonchev–Trinajstić information content (AvgIpc) is 2.73. The van der Waals surface area contributed by atoms with E-state index < -0.39 is 4.92 Å². The van der Waals surface area contributed by atoms with E-state index in [0.29, 0.717) is 5.92 Å². The number of amides is 1. The number of hydrogen-bond acceptors (Lipinski definition) is 4. The molecule has 1 amide bonds. The number of carbonyl (C=O) groups is 1. The molecular weight excluding hydrogens is 328 g/mol. The highest BCUT2D eigenvalue weighted by Gasteiger charge is 2.24. The smallest absolute Gasteiger partial charge is 0.358 e. The Labute approximate surface area is 125 Å². The Balaban J connectivity index is 1.94. The summed E-state index contributed by atoms with van der Waals surface area (Å²) in [7, 11) is 0. The molecule has 2 rings (SSSR count). The van der Waals surface area contributed by atoms with Crippen LogP contribution < -0.4 is 5.32 Å². The summed E-state index contributed by atoms with van der Waals surface area (Å²) in [6, 6.07) is 0.199. The van der Waals surface area contributed by atoms with Gasteiger partial charge in [-0.2, -0.15) is 4.68 Å². The van der Waals surface area contributed by atoms with Crippen molar-refractivity contribution >= 4 is 27.7 Å². The maximum Gasteiger partial charge on any atom is 0.404 e. The van der Waals surface area contributed by atoms with Crippen LogP contribution in [-0.4, -0.2) is 26.7 Å². The fraction of sp³-hybridized carbons (Fsp3) is 0.667. The summed E-state index contributed by atoms with van der Waals surface area (Å²) in [6.07, 6.45) is 5.92. The lowest BCUT2D eigenvalue weighted by Gasteiger charge is -2.29. The van der Waals surface area contributed by atoms with E-state index >= 15 is 0 Å². The molecule has 7 nitrogen and oxygen atoms in total. The first kappa shape index (κ1) is 15.0. The molecule has 8 heteroatoms. The lowest BCUT2D eigenvalue weighted by atomic mass is 9.86. The minimum absolute atomic E-state index is 0.00431. The van der Waals surface area contributed by atoms with Gasteiger partial charge >= 0.3 is 5.82 Å². The Kier molecular flexibility index (Phi) is 4.74. The van der Waals surface area contributed by atoms with Gasteiger partial charge in [0.05, 0.1) is 11.3 Å². The molecule has 0 aromatic carbocycles. The van der Waals surface area contributed by atoms with Gasteiger partial charge in [-0.15, -0.1) is 0 Å². The van der Waals surface area contributed by atoms with Gasteiger partial charge in [0.25, 0.3) is 0 Å². The Hall–Kier alpha value is -1.44. The zero-order valence-electron chi connectivity index (χ0n) is 11.2. The fourth-order valence-corrected chi connectivity index (χ4v) is 2.98. The quantitative estimate of drug-likeness (QED) is 0.669. The second kappa shape index (κ2) is 6.34. The molecule has 1 aromatic heterocycles. The maximum atomic E-state index is 12.0. The van der Waals surface area contributed by atoms with Crippen LogP contribution in [0.3, 0.4) is 0 Å². The first-order chi connectivity index (χ1) is 9.47. The summed E-state index contributed by atoms with van der Waals surface area (Å²) in [5.41, 5.74) is 0. The van der Waals surface area contributed by atoms with Gasteiger partial charge in [-0.1, -0.05) is 19.8 Å². The van der Waals surface area contributed by atoms with Crippen molar-refractivity contribution in [3.8, 4) is 0 Å². The summed E-state index contributed by atoms with van der Waals surface area (Å²) in [4.78, 5) is 22.1. The molecule has 0 unspecified atom stereocenters. The van der Waals surface area contributed by atoms with E-state index in [1.54, 1.807) is 0 Å². The van der Waals surface area contributed by atoms with Crippen LogP contribution in [0.15, 0.2) is 10.7 Å². The largest absolute Gasteiger partial charge is 0.404 e. The highest BCUT2D eigenvalue weighted by atomic mass is 79.9. The lowest BCUT2D eigenvalue weighted by Crippen LogP contribution is -2.42. The highest BCUT2D eigenvalue weighted by molar-refractivity contribution is 9.10. The van der Waals surface area contributed by atoms with E-state index in [1.165, 1.54) is 17.3 Å². The van der Waals surface area contributed by atoms with Crippen molar-refractivity contribution in [2.24, 2.45) is 5.92 Å². The number of aromatic nitrogens is 2. The van der Waals surface area contributed by atoms with Gasteiger partial charge in [-0.25, -0.2) is 0 Å². The first-order valence-corrected chi connectivity index (χ1v) is 7.43. The molecule has 1 aliphatic rings. The van der Waals surface area contributed by atoms with E-state index in [2.05, 4.69) is 33.3 Å². The molecule has 20 heavy (non-hydrogen) atoms. The van der Waals surface area contributed by atoms with Crippen molar-refractivity contribution in [2.75, 3.05) is 0 Å². The third-order valence-corrected chi connectivity index (χ3v) is 4.19. The second-order valence-electron chi connectivity index (χ2n) is 5.19. The minimum atomic E-state index is -0.582. The molecule has 0 saturated heterocycles. The van der Waals surface area contributed by atoms with Crippen LogP contribution in [0.2, 0.25) is 0 Å². The number of nitrogens with zero attached hydrogens (tertiary/aromatic N) is 3. The fourth-order valence-electron chi connectivity index (χ4n) is 2.52. The predicted octanol–water partition coefficient (Wildman–Crippen LogP) is 2.25. The molecule has 1 saturated carbocycles. The molecule has 2 atom stereocenters. The Morgan fingerprint density at radius 2 is 2.30 bits per heavy atom. The monoisotopic (exact) mass is 344 g/mol.